The van der Waals surface area contributed by atoms with Gasteiger partial charge >= 0.3 is 0 Å². The Morgan fingerprint density at radius 3 is 2.71 bits per heavy atom. The molecule has 0 atom stereocenters. The molecule has 2 rings (SSSR count). The molecule has 0 aromatic carbocycles. The fraction of sp³-hybridized carbons (Fsp3) is 0.500. The van der Waals surface area contributed by atoms with E-state index < -0.39 is 5.91 Å². The molecule has 0 radical (unpaired) electrons. The molecule has 1 N–H and O–H groups in total. The van der Waals surface area contributed by atoms with Gasteiger partial charge in [0.2, 0.25) is 0 Å². The summed E-state index contributed by atoms with van der Waals surface area (Å²) in [4.78, 5) is 32.4. The minimum absolute atomic E-state index is 0.0375. The van der Waals surface area contributed by atoms with Crippen LogP contribution >= 0.6 is 11.3 Å². The van der Waals surface area contributed by atoms with Gasteiger partial charge in [-0.3, -0.25) is 14.0 Å². The van der Waals surface area contributed by atoms with E-state index in [2.05, 4.69) is 4.98 Å². The minimum atomic E-state index is -0.394. The van der Waals surface area contributed by atoms with Gasteiger partial charge in [0.05, 0.1) is 6.61 Å². The van der Waals surface area contributed by atoms with Crippen molar-refractivity contribution in [2.75, 3.05) is 13.2 Å². The first-order valence-corrected chi connectivity index (χ1v) is 7.59. The van der Waals surface area contributed by atoms with Crippen LogP contribution in [-0.2, 0) is 0 Å². The number of fused-ring (bicyclic) bond motifs is 1. The summed E-state index contributed by atoms with van der Waals surface area (Å²) in [6.45, 7) is 7.50. The SMILES string of the molecule is Cc1sc2ncc(C(=O)N(CCO)C(C)C)c(=O)n2c1C. The normalized spacial score (nSPS) is 11.3. The standard InChI is InChI=1S/C14H19N3O3S/c1-8(2)16(5-6-18)12(19)11-7-15-14-17(13(11)20)9(3)10(4)21-14/h7-8,18H,5-6H2,1-4H3. The lowest BCUT2D eigenvalue weighted by molar-refractivity contribution is 0.0663. The van der Waals surface area contributed by atoms with E-state index in [4.69, 9.17) is 5.11 Å². The Balaban J connectivity index is 2.56. The second-order valence-corrected chi connectivity index (χ2v) is 6.34. The van der Waals surface area contributed by atoms with Crippen molar-refractivity contribution in [2.24, 2.45) is 0 Å². The van der Waals surface area contributed by atoms with Gasteiger partial charge in [-0.1, -0.05) is 0 Å². The number of carbonyl (C=O) groups is 1. The molecule has 0 bridgehead atoms. The molecular formula is C14H19N3O3S. The number of hydrogen-bond acceptors (Lipinski definition) is 5. The van der Waals surface area contributed by atoms with Crippen molar-refractivity contribution in [1.29, 1.82) is 0 Å². The fourth-order valence-corrected chi connectivity index (χ4v) is 3.11. The molecule has 0 spiro atoms. The summed E-state index contributed by atoms with van der Waals surface area (Å²) in [7, 11) is 0. The maximum atomic E-state index is 12.6. The molecule has 0 fully saturated rings. The van der Waals surface area contributed by atoms with Gasteiger partial charge in [-0.05, 0) is 27.7 Å². The van der Waals surface area contributed by atoms with Gasteiger partial charge in [-0.25, -0.2) is 4.98 Å². The van der Waals surface area contributed by atoms with Gasteiger partial charge in [-0.15, -0.1) is 11.3 Å². The van der Waals surface area contributed by atoms with Crippen LogP contribution in [0, 0.1) is 13.8 Å². The molecule has 0 aliphatic rings. The molecule has 1 amide bonds. The van der Waals surface area contributed by atoms with E-state index in [1.165, 1.54) is 26.8 Å². The lowest BCUT2D eigenvalue weighted by atomic mass is 10.2. The smallest absolute Gasteiger partial charge is 0.271 e. The Morgan fingerprint density at radius 2 is 2.14 bits per heavy atom. The molecule has 0 aliphatic carbocycles. The number of carbonyl (C=O) groups excluding carboxylic acids is 1. The highest BCUT2D eigenvalue weighted by atomic mass is 32.1. The van der Waals surface area contributed by atoms with E-state index in [9.17, 15) is 9.59 Å². The van der Waals surface area contributed by atoms with E-state index in [-0.39, 0.29) is 30.3 Å². The third-order valence-electron chi connectivity index (χ3n) is 3.47. The molecule has 0 unspecified atom stereocenters. The summed E-state index contributed by atoms with van der Waals surface area (Å²) >= 11 is 1.43. The van der Waals surface area contributed by atoms with E-state index >= 15 is 0 Å². The van der Waals surface area contributed by atoms with Gasteiger partial charge < -0.3 is 10.0 Å². The van der Waals surface area contributed by atoms with Crippen LogP contribution in [0.4, 0.5) is 0 Å². The zero-order valence-electron chi connectivity index (χ0n) is 12.6. The molecule has 21 heavy (non-hydrogen) atoms. The van der Waals surface area contributed by atoms with Gasteiger partial charge in [0.1, 0.15) is 5.56 Å². The van der Waals surface area contributed by atoms with Crippen molar-refractivity contribution in [3.8, 4) is 0 Å². The van der Waals surface area contributed by atoms with Gasteiger partial charge in [0, 0.05) is 29.4 Å². The number of aliphatic hydroxyl groups is 1. The zero-order valence-corrected chi connectivity index (χ0v) is 13.4. The number of aryl methyl sites for hydroxylation is 2. The third kappa shape index (κ3) is 2.71. The van der Waals surface area contributed by atoms with Crippen LogP contribution in [0.5, 0.6) is 0 Å². The Morgan fingerprint density at radius 1 is 1.48 bits per heavy atom. The molecule has 0 saturated heterocycles. The van der Waals surface area contributed by atoms with E-state index in [1.807, 2.05) is 27.7 Å². The average Bonchev–Trinajstić information content (AvgIpc) is 2.71. The van der Waals surface area contributed by atoms with Gasteiger partial charge in [-0.2, -0.15) is 0 Å². The molecule has 0 aliphatic heterocycles. The number of thiazole rings is 1. The molecule has 2 heterocycles. The second-order valence-electron chi connectivity index (χ2n) is 5.15. The summed E-state index contributed by atoms with van der Waals surface area (Å²) in [5.74, 6) is -0.394. The van der Waals surface area contributed by atoms with Crippen molar-refractivity contribution >= 4 is 22.2 Å². The molecule has 7 heteroatoms. The number of rotatable bonds is 4. The van der Waals surface area contributed by atoms with E-state index in [1.54, 1.807) is 0 Å². The van der Waals surface area contributed by atoms with Crippen LogP contribution < -0.4 is 5.56 Å². The van der Waals surface area contributed by atoms with Crippen LogP contribution in [-0.4, -0.2) is 44.5 Å². The highest BCUT2D eigenvalue weighted by molar-refractivity contribution is 7.17. The number of aromatic nitrogens is 2. The fourth-order valence-electron chi connectivity index (χ4n) is 2.18. The predicted octanol–water partition coefficient (Wildman–Crippen LogP) is 1.22. The second kappa shape index (κ2) is 5.95. The largest absolute Gasteiger partial charge is 0.395 e. The van der Waals surface area contributed by atoms with Crippen LogP contribution in [0.3, 0.4) is 0 Å². The lowest BCUT2D eigenvalue weighted by Crippen LogP contribution is -2.41. The number of nitrogens with zero attached hydrogens (tertiary/aromatic N) is 3. The summed E-state index contributed by atoms with van der Waals surface area (Å²) in [5, 5.41) is 9.08. The average molecular weight is 309 g/mol. The Bertz CT molecular complexity index is 733. The Hall–Kier alpha value is -1.73. The highest BCUT2D eigenvalue weighted by Gasteiger charge is 2.23. The van der Waals surface area contributed by atoms with E-state index in [0.717, 1.165) is 10.6 Å². The van der Waals surface area contributed by atoms with Crippen molar-refractivity contribution < 1.29 is 9.90 Å². The Kier molecular flexibility index (Phi) is 4.43. The molecular weight excluding hydrogens is 290 g/mol. The minimum Gasteiger partial charge on any atom is -0.395 e. The lowest BCUT2D eigenvalue weighted by Gasteiger charge is -2.25. The quantitative estimate of drug-likeness (QED) is 0.921. The topological polar surface area (TPSA) is 74.9 Å². The van der Waals surface area contributed by atoms with Crippen LogP contribution in [0.15, 0.2) is 11.0 Å². The summed E-state index contributed by atoms with van der Waals surface area (Å²) in [6.07, 6.45) is 1.34. The van der Waals surface area contributed by atoms with Crippen LogP contribution in [0.2, 0.25) is 0 Å². The number of amides is 1. The molecule has 2 aromatic heterocycles. The summed E-state index contributed by atoms with van der Waals surface area (Å²) < 4.78 is 1.48. The molecule has 114 valence electrons. The summed E-state index contributed by atoms with van der Waals surface area (Å²) in [5.41, 5.74) is 0.492. The first kappa shape index (κ1) is 15.7. The number of hydrogen-bond donors (Lipinski definition) is 1. The molecule has 0 saturated carbocycles. The zero-order chi connectivity index (χ0) is 15.7. The maximum absolute atomic E-state index is 12.6. The van der Waals surface area contributed by atoms with Crippen molar-refractivity contribution in [1.82, 2.24) is 14.3 Å². The highest BCUT2D eigenvalue weighted by Crippen LogP contribution is 2.18. The Labute approximate surface area is 126 Å². The first-order chi connectivity index (χ1) is 9.88. The van der Waals surface area contributed by atoms with Crippen molar-refractivity contribution in [3.63, 3.8) is 0 Å². The predicted molar refractivity (Wildman–Crippen MR) is 82.1 cm³/mol. The molecule has 6 nitrogen and oxygen atoms in total. The van der Waals surface area contributed by atoms with Gasteiger partial charge in [0.15, 0.2) is 4.96 Å². The van der Waals surface area contributed by atoms with Crippen molar-refractivity contribution in [2.45, 2.75) is 33.7 Å². The van der Waals surface area contributed by atoms with Crippen LogP contribution in [0.1, 0.15) is 34.8 Å². The third-order valence-corrected chi connectivity index (χ3v) is 4.55. The van der Waals surface area contributed by atoms with Crippen molar-refractivity contribution in [3.05, 3.63) is 32.7 Å². The molecule has 2 aromatic rings. The summed E-state index contributed by atoms with van der Waals surface area (Å²) in [6, 6.07) is -0.102. The van der Waals surface area contributed by atoms with Crippen LogP contribution in [0.25, 0.3) is 4.96 Å². The monoisotopic (exact) mass is 309 g/mol. The van der Waals surface area contributed by atoms with Gasteiger partial charge in [0.25, 0.3) is 11.5 Å². The first-order valence-electron chi connectivity index (χ1n) is 6.78. The number of aliphatic hydroxyl groups excluding tert-OH is 1. The maximum Gasteiger partial charge on any atom is 0.271 e. The van der Waals surface area contributed by atoms with E-state index in [0.29, 0.717) is 4.96 Å².